The van der Waals surface area contributed by atoms with E-state index in [9.17, 15) is 4.79 Å². The van der Waals surface area contributed by atoms with Gasteiger partial charge in [-0.05, 0) is 56.8 Å². The standard InChI is InChI=1S/C15H18N4O3S/c1-4-21-13-7-11(5-6-12(13)22-10(2)3)8-17-19-14(20)9-16-18-15(19)23/h5-10H,4H2,1-3H3,(H,18,23)/b17-8-. The average molecular weight is 334 g/mol. The van der Waals surface area contributed by atoms with Crippen LogP contribution < -0.4 is 15.0 Å². The molecule has 0 bridgehead atoms. The summed E-state index contributed by atoms with van der Waals surface area (Å²) >= 11 is 4.98. The topological polar surface area (TPSA) is 81.5 Å². The minimum atomic E-state index is -0.408. The van der Waals surface area contributed by atoms with Gasteiger partial charge in [0.25, 0.3) is 5.56 Å². The largest absolute Gasteiger partial charge is 0.490 e. The summed E-state index contributed by atoms with van der Waals surface area (Å²) in [5.41, 5.74) is 0.345. The van der Waals surface area contributed by atoms with E-state index in [1.807, 2.05) is 32.9 Å². The summed E-state index contributed by atoms with van der Waals surface area (Å²) < 4.78 is 12.5. The number of aromatic amines is 1. The monoisotopic (exact) mass is 334 g/mol. The lowest BCUT2D eigenvalue weighted by atomic mass is 10.2. The number of H-pyrrole nitrogens is 1. The first kappa shape index (κ1) is 16.9. The Morgan fingerprint density at radius 1 is 1.43 bits per heavy atom. The van der Waals surface area contributed by atoms with Crippen molar-refractivity contribution in [1.82, 2.24) is 14.9 Å². The Morgan fingerprint density at radius 2 is 2.22 bits per heavy atom. The first-order valence-corrected chi connectivity index (χ1v) is 7.56. The van der Waals surface area contributed by atoms with Crippen molar-refractivity contribution in [1.29, 1.82) is 0 Å². The molecule has 1 aromatic carbocycles. The third-order valence-corrected chi connectivity index (χ3v) is 2.95. The summed E-state index contributed by atoms with van der Waals surface area (Å²) in [4.78, 5) is 11.7. The number of hydrogen-bond donors (Lipinski definition) is 1. The zero-order valence-electron chi connectivity index (χ0n) is 13.1. The molecule has 8 heteroatoms. The molecule has 0 amide bonds. The third-order valence-electron chi connectivity index (χ3n) is 2.69. The number of benzene rings is 1. The van der Waals surface area contributed by atoms with Gasteiger partial charge in [0.2, 0.25) is 4.77 Å². The van der Waals surface area contributed by atoms with E-state index in [-0.39, 0.29) is 10.9 Å². The SMILES string of the molecule is CCOc1cc(/C=N\n2c(=O)cn[nH]c2=S)ccc1OC(C)C. The van der Waals surface area contributed by atoms with Gasteiger partial charge in [0.05, 0.1) is 18.9 Å². The van der Waals surface area contributed by atoms with Gasteiger partial charge in [-0.2, -0.15) is 14.9 Å². The van der Waals surface area contributed by atoms with Gasteiger partial charge < -0.3 is 9.47 Å². The molecule has 0 unspecified atom stereocenters. The van der Waals surface area contributed by atoms with Crippen molar-refractivity contribution in [3.05, 3.63) is 45.1 Å². The first-order chi connectivity index (χ1) is 11.0. The minimum absolute atomic E-state index is 0.0439. The van der Waals surface area contributed by atoms with Crippen LogP contribution in [0.25, 0.3) is 0 Å². The summed E-state index contributed by atoms with van der Waals surface area (Å²) in [6, 6.07) is 5.43. The highest BCUT2D eigenvalue weighted by Crippen LogP contribution is 2.28. The Kier molecular flexibility index (Phi) is 5.64. The van der Waals surface area contributed by atoms with Crippen LogP contribution in [0.5, 0.6) is 11.5 Å². The van der Waals surface area contributed by atoms with E-state index in [1.165, 1.54) is 6.21 Å². The summed E-state index contributed by atoms with van der Waals surface area (Å²) in [5, 5.41) is 10.2. The van der Waals surface area contributed by atoms with Gasteiger partial charge in [-0.3, -0.25) is 9.89 Å². The van der Waals surface area contributed by atoms with Crippen LogP contribution in [0.4, 0.5) is 0 Å². The molecule has 122 valence electrons. The fourth-order valence-corrected chi connectivity index (χ4v) is 1.99. The van der Waals surface area contributed by atoms with E-state index in [0.717, 1.165) is 16.4 Å². The molecule has 0 aliphatic heterocycles. The van der Waals surface area contributed by atoms with Crippen LogP contribution in [0, 0.1) is 4.77 Å². The Bertz CT molecular complexity index is 783. The molecule has 1 heterocycles. The molecule has 0 spiro atoms. The highest BCUT2D eigenvalue weighted by atomic mass is 32.1. The smallest absolute Gasteiger partial charge is 0.293 e. The minimum Gasteiger partial charge on any atom is -0.490 e. The third kappa shape index (κ3) is 4.49. The highest BCUT2D eigenvalue weighted by Gasteiger charge is 2.07. The van der Waals surface area contributed by atoms with Crippen molar-refractivity contribution in [2.24, 2.45) is 5.10 Å². The van der Waals surface area contributed by atoms with Crippen LogP contribution >= 0.6 is 12.2 Å². The molecule has 7 nitrogen and oxygen atoms in total. The second kappa shape index (κ2) is 7.68. The second-order valence-electron chi connectivity index (χ2n) is 4.88. The highest BCUT2D eigenvalue weighted by molar-refractivity contribution is 7.71. The van der Waals surface area contributed by atoms with Crippen molar-refractivity contribution in [2.75, 3.05) is 6.61 Å². The first-order valence-electron chi connectivity index (χ1n) is 7.16. The van der Waals surface area contributed by atoms with Crippen LogP contribution in [0.15, 0.2) is 34.3 Å². The summed E-state index contributed by atoms with van der Waals surface area (Å²) in [7, 11) is 0. The van der Waals surface area contributed by atoms with E-state index in [1.54, 1.807) is 6.07 Å². The lowest BCUT2D eigenvalue weighted by Gasteiger charge is -2.14. The Hall–Kier alpha value is -2.48. The molecule has 1 N–H and O–H groups in total. The van der Waals surface area contributed by atoms with Crippen molar-refractivity contribution in [3.63, 3.8) is 0 Å². The molecule has 0 atom stereocenters. The van der Waals surface area contributed by atoms with Gasteiger partial charge in [-0.1, -0.05) is 0 Å². The molecule has 0 radical (unpaired) electrons. The maximum atomic E-state index is 11.7. The maximum absolute atomic E-state index is 11.7. The number of hydrogen-bond acceptors (Lipinski definition) is 6. The quantitative estimate of drug-likeness (QED) is 0.648. The Morgan fingerprint density at radius 3 is 2.87 bits per heavy atom. The zero-order valence-corrected chi connectivity index (χ0v) is 14.0. The van der Waals surface area contributed by atoms with E-state index in [0.29, 0.717) is 18.1 Å². The number of nitrogens with zero attached hydrogens (tertiary/aromatic N) is 3. The Labute approximate surface area is 138 Å². The van der Waals surface area contributed by atoms with Crippen molar-refractivity contribution < 1.29 is 9.47 Å². The van der Waals surface area contributed by atoms with Gasteiger partial charge in [-0.15, -0.1) is 0 Å². The molecule has 0 fully saturated rings. The van der Waals surface area contributed by atoms with E-state index in [4.69, 9.17) is 21.7 Å². The van der Waals surface area contributed by atoms with Crippen LogP contribution in [0.2, 0.25) is 0 Å². The van der Waals surface area contributed by atoms with Crippen molar-refractivity contribution >= 4 is 18.4 Å². The number of nitrogens with one attached hydrogen (secondary N) is 1. The molecular formula is C15H18N4O3S. The van der Waals surface area contributed by atoms with Gasteiger partial charge in [0, 0.05) is 0 Å². The van der Waals surface area contributed by atoms with Gasteiger partial charge >= 0.3 is 0 Å². The Balaban J connectivity index is 2.33. The van der Waals surface area contributed by atoms with Crippen LogP contribution in [0.3, 0.4) is 0 Å². The number of aromatic nitrogens is 3. The summed E-state index contributed by atoms with van der Waals surface area (Å²) in [6.45, 7) is 6.31. The van der Waals surface area contributed by atoms with Crippen molar-refractivity contribution in [2.45, 2.75) is 26.9 Å². The van der Waals surface area contributed by atoms with Gasteiger partial charge in [0.15, 0.2) is 11.5 Å². The van der Waals surface area contributed by atoms with Gasteiger partial charge in [-0.25, -0.2) is 0 Å². The van der Waals surface area contributed by atoms with Crippen LogP contribution in [-0.2, 0) is 0 Å². The van der Waals surface area contributed by atoms with Crippen LogP contribution in [0.1, 0.15) is 26.3 Å². The normalized spacial score (nSPS) is 11.1. The summed E-state index contributed by atoms with van der Waals surface area (Å²) in [5.74, 6) is 1.29. The fourth-order valence-electron chi connectivity index (χ4n) is 1.80. The number of ether oxygens (including phenoxy) is 2. The molecule has 0 saturated heterocycles. The lowest BCUT2D eigenvalue weighted by Crippen LogP contribution is -2.18. The molecular weight excluding hydrogens is 316 g/mol. The molecule has 0 aliphatic rings. The predicted octanol–water partition coefficient (Wildman–Crippen LogP) is 2.37. The average Bonchev–Trinajstić information content (AvgIpc) is 2.49. The van der Waals surface area contributed by atoms with E-state index < -0.39 is 5.56 Å². The predicted molar refractivity (Wildman–Crippen MR) is 90.0 cm³/mol. The van der Waals surface area contributed by atoms with Gasteiger partial charge in [0.1, 0.15) is 6.20 Å². The fraction of sp³-hybridized carbons (Fsp3) is 0.333. The lowest BCUT2D eigenvalue weighted by molar-refractivity contribution is 0.224. The maximum Gasteiger partial charge on any atom is 0.293 e. The molecule has 2 aromatic rings. The molecule has 2 rings (SSSR count). The zero-order chi connectivity index (χ0) is 16.8. The second-order valence-corrected chi connectivity index (χ2v) is 5.26. The van der Waals surface area contributed by atoms with E-state index >= 15 is 0 Å². The van der Waals surface area contributed by atoms with Crippen molar-refractivity contribution in [3.8, 4) is 11.5 Å². The number of rotatable bonds is 6. The molecule has 1 aromatic heterocycles. The van der Waals surface area contributed by atoms with Crippen LogP contribution in [-0.4, -0.2) is 33.8 Å². The molecule has 23 heavy (non-hydrogen) atoms. The molecule has 0 saturated carbocycles. The van der Waals surface area contributed by atoms with E-state index in [2.05, 4.69) is 15.3 Å². The molecule has 0 aliphatic carbocycles. The summed E-state index contributed by atoms with van der Waals surface area (Å²) in [6.07, 6.45) is 2.67.